The second-order valence-electron chi connectivity index (χ2n) is 9.37. The second-order valence-corrected chi connectivity index (χ2v) is 11.5. The zero-order chi connectivity index (χ0) is 24.6. The van der Waals surface area contributed by atoms with Crippen LogP contribution in [0.15, 0.2) is 53.6 Å². The number of sulfonamides is 1. The van der Waals surface area contributed by atoms with Gasteiger partial charge in [0.05, 0.1) is 10.5 Å². The molecular formula is C26H31N5O3S. The van der Waals surface area contributed by atoms with Crippen LogP contribution < -0.4 is 10.2 Å². The van der Waals surface area contributed by atoms with Crippen molar-refractivity contribution in [2.24, 2.45) is 0 Å². The minimum atomic E-state index is -3.66. The van der Waals surface area contributed by atoms with E-state index in [1.165, 1.54) is 32.3 Å². The summed E-state index contributed by atoms with van der Waals surface area (Å²) in [7, 11) is -0.683. The summed E-state index contributed by atoms with van der Waals surface area (Å²) < 4.78 is 28.9. The van der Waals surface area contributed by atoms with Crippen molar-refractivity contribution in [2.45, 2.75) is 43.5 Å². The third kappa shape index (κ3) is 4.58. The number of rotatable bonds is 6. The van der Waals surface area contributed by atoms with Gasteiger partial charge in [0.1, 0.15) is 5.82 Å². The molecule has 5 rings (SSSR count). The number of aryl methyl sites for hydroxylation is 1. The number of carbonyl (C=O) groups excluding carboxylic acids is 1. The fourth-order valence-electron chi connectivity index (χ4n) is 4.87. The first-order chi connectivity index (χ1) is 16.8. The van der Waals surface area contributed by atoms with Crippen molar-refractivity contribution in [3.8, 4) is 11.4 Å². The molecule has 35 heavy (non-hydrogen) atoms. The van der Waals surface area contributed by atoms with Crippen LogP contribution in [0.25, 0.3) is 11.4 Å². The maximum absolute atomic E-state index is 13.4. The lowest BCUT2D eigenvalue weighted by molar-refractivity contribution is 0.102. The number of fused-ring (bicyclic) bond motifs is 1. The van der Waals surface area contributed by atoms with Gasteiger partial charge in [0, 0.05) is 62.6 Å². The number of imidazole rings is 1. The Morgan fingerprint density at radius 3 is 2.40 bits per heavy atom. The molecular weight excluding hydrogens is 462 g/mol. The van der Waals surface area contributed by atoms with Gasteiger partial charge in [-0.2, -0.15) is 0 Å². The number of amides is 1. The molecule has 1 fully saturated rings. The van der Waals surface area contributed by atoms with Crippen LogP contribution in [-0.4, -0.2) is 55.4 Å². The number of nitrogens with one attached hydrogen (secondary N) is 1. The van der Waals surface area contributed by atoms with E-state index in [-0.39, 0.29) is 10.8 Å². The molecule has 0 saturated carbocycles. The maximum Gasteiger partial charge on any atom is 0.257 e. The molecule has 1 amide bonds. The third-order valence-corrected chi connectivity index (χ3v) is 8.65. The van der Waals surface area contributed by atoms with E-state index >= 15 is 0 Å². The number of hydrogen-bond acceptors (Lipinski definition) is 5. The molecule has 2 aromatic carbocycles. The van der Waals surface area contributed by atoms with Gasteiger partial charge in [-0.25, -0.2) is 17.7 Å². The van der Waals surface area contributed by atoms with E-state index in [0.717, 1.165) is 66.7 Å². The summed E-state index contributed by atoms with van der Waals surface area (Å²) >= 11 is 0. The molecule has 0 atom stereocenters. The van der Waals surface area contributed by atoms with Crippen molar-refractivity contribution in [3.05, 3.63) is 59.9 Å². The van der Waals surface area contributed by atoms with E-state index in [9.17, 15) is 13.2 Å². The highest BCUT2D eigenvalue weighted by molar-refractivity contribution is 7.89. The summed E-state index contributed by atoms with van der Waals surface area (Å²) in [5.74, 6) is 0.629. The van der Waals surface area contributed by atoms with Crippen LogP contribution in [0.4, 0.5) is 11.4 Å². The molecule has 1 saturated heterocycles. The normalized spacial score (nSPS) is 15.9. The van der Waals surface area contributed by atoms with Gasteiger partial charge in [0.25, 0.3) is 5.91 Å². The Labute approximate surface area is 206 Å². The Balaban J connectivity index is 1.42. The van der Waals surface area contributed by atoms with E-state index in [4.69, 9.17) is 0 Å². The van der Waals surface area contributed by atoms with E-state index in [0.29, 0.717) is 11.3 Å². The highest BCUT2D eigenvalue weighted by Gasteiger charge is 2.25. The van der Waals surface area contributed by atoms with Gasteiger partial charge in [-0.15, -0.1) is 0 Å². The average Bonchev–Trinajstić information content (AvgIpc) is 3.54. The Hall–Kier alpha value is -3.17. The van der Waals surface area contributed by atoms with Crippen LogP contribution >= 0.6 is 0 Å². The smallest absolute Gasteiger partial charge is 0.257 e. The summed E-state index contributed by atoms with van der Waals surface area (Å²) in [6, 6.07) is 12.5. The Morgan fingerprint density at radius 1 is 0.971 bits per heavy atom. The van der Waals surface area contributed by atoms with E-state index in [1.54, 1.807) is 12.1 Å². The first-order valence-corrected chi connectivity index (χ1v) is 13.6. The second kappa shape index (κ2) is 9.47. The Bertz CT molecular complexity index is 1340. The molecule has 3 aromatic rings. The minimum absolute atomic E-state index is 0.107. The van der Waals surface area contributed by atoms with Gasteiger partial charge in [-0.1, -0.05) is 0 Å². The van der Waals surface area contributed by atoms with Crippen molar-refractivity contribution >= 4 is 27.3 Å². The third-order valence-electron chi connectivity index (χ3n) is 6.84. The molecule has 9 heteroatoms. The molecule has 3 heterocycles. The molecule has 2 aliphatic heterocycles. The summed E-state index contributed by atoms with van der Waals surface area (Å²) in [6.07, 6.45) is 7.48. The summed E-state index contributed by atoms with van der Waals surface area (Å²) in [5, 5.41) is 2.96. The van der Waals surface area contributed by atoms with Gasteiger partial charge in [-0.3, -0.25) is 4.79 Å². The van der Waals surface area contributed by atoms with Crippen LogP contribution in [0.1, 0.15) is 41.7 Å². The SMILES string of the molecule is CN(C)S(=O)(=O)c1ccc(N2CCCC2)c(C(=O)Nc2ccc(-c3ncc4n3CCCC4)cc2)c1. The van der Waals surface area contributed by atoms with Crippen molar-refractivity contribution in [1.82, 2.24) is 13.9 Å². The van der Waals surface area contributed by atoms with Crippen LogP contribution in [0.2, 0.25) is 0 Å². The fourth-order valence-corrected chi connectivity index (χ4v) is 5.80. The van der Waals surface area contributed by atoms with Gasteiger partial charge in [0.15, 0.2) is 0 Å². The van der Waals surface area contributed by atoms with Crippen LogP contribution in [0, 0.1) is 0 Å². The first-order valence-electron chi connectivity index (χ1n) is 12.1. The molecule has 184 valence electrons. The van der Waals surface area contributed by atoms with Crippen molar-refractivity contribution in [2.75, 3.05) is 37.4 Å². The standard InChI is InChI=1S/C26H31N5O3S/c1-29(2)35(33,34)22-12-13-24(30-14-5-6-15-30)23(17-22)26(32)28-20-10-8-19(9-11-20)25-27-18-21-7-3-4-16-31(21)25/h8-13,17-18H,3-7,14-16H2,1-2H3,(H,28,32). The number of carbonyl (C=O) groups is 1. The highest BCUT2D eigenvalue weighted by atomic mass is 32.2. The topological polar surface area (TPSA) is 87.5 Å². The molecule has 1 N–H and O–H groups in total. The summed E-state index contributed by atoms with van der Waals surface area (Å²) in [5.41, 5.74) is 4.05. The number of benzene rings is 2. The zero-order valence-electron chi connectivity index (χ0n) is 20.2. The average molecular weight is 494 g/mol. The molecule has 8 nitrogen and oxygen atoms in total. The van der Waals surface area contributed by atoms with Crippen LogP contribution in [0.3, 0.4) is 0 Å². The quantitative estimate of drug-likeness (QED) is 0.561. The molecule has 2 aliphatic rings. The van der Waals surface area contributed by atoms with E-state index < -0.39 is 10.0 Å². The number of nitrogens with zero attached hydrogens (tertiary/aromatic N) is 4. The Morgan fingerprint density at radius 2 is 1.69 bits per heavy atom. The highest BCUT2D eigenvalue weighted by Crippen LogP contribution is 2.30. The maximum atomic E-state index is 13.4. The molecule has 0 aliphatic carbocycles. The van der Waals surface area contributed by atoms with Gasteiger partial charge in [-0.05, 0) is 74.6 Å². The number of hydrogen-bond donors (Lipinski definition) is 1. The van der Waals surface area contributed by atoms with Crippen LogP contribution in [-0.2, 0) is 23.0 Å². The molecule has 0 bridgehead atoms. The van der Waals surface area contributed by atoms with Gasteiger partial charge in [0.2, 0.25) is 10.0 Å². The lowest BCUT2D eigenvalue weighted by atomic mass is 10.1. The molecule has 0 spiro atoms. The molecule has 1 aromatic heterocycles. The largest absolute Gasteiger partial charge is 0.371 e. The van der Waals surface area contributed by atoms with Crippen LogP contribution in [0.5, 0.6) is 0 Å². The summed E-state index contributed by atoms with van der Waals surface area (Å²) in [6.45, 7) is 2.68. The van der Waals surface area contributed by atoms with Gasteiger partial charge >= 0.3 is 0 Å². The van der Waals surface area contributed by atoms with Crippen molar-refractivity contribution < 1.29 is 13.2 Å². The predicted octanol–water partition coefficient (Wildman–Crippen LogP) is 3.99. The Kier molecular flexibility index (Phi) is 6.37. The zero-order valence-corrected chi connectivity index (χ0v) is 21.0. The van der Waals surface area contributed by atoms with Gasteiger partial charge < -0.3 is 14.8 Å². The fraction of sp³-hybridized carbons (Fsp3) is 0.385. The lowest BCUT2D eigenvalue weighted by Gasteiger charge is -2.22. The minimum Gasteiger partial charge on any atom is -0.371 e. The first kappa shape index (κ1) is 23.6. The van der Waals surface area contributed by atoms with Crippen molar-refractivity contribution in [3.63, 3.8) is 0 Å². The lowest BCUT2D eigenvalue weighted by Crippen LogP contribution is -2.25. The molecule has 0 radical (unpaired) electrons. The molecule has 0 unspecified atom stereocenters. The monoisotopic (exact) mass is 493 g/mol. The number of anilines is 2. The predicted molar refractivity (Wildman–Crippen MR) is 137 cm³/mol. The summed E-state index contributed by atoms with van der Waals surface area (Å²) in [4.78, 5) is 20.3. The van der Waals surface area contributed by atoms with E-state index in [1.807, 2.05) is 30.5 Å². The van der Waals surface area contributed by atoms with Crippen molar-refractivity contribution in [1.29, 1.82) is 0 Å². The van der Waals surface area contributed by atoms with E-state index in [2.05, 4.69) is 19.8 Å². The number of aromatic nitrogens is 2.